The molecule has 1 N–H and O–H groups in total. The first kappa shape index (κ1) is 16.4. The van der Waals surface area contributed by atoms with Gasteiger partial charge in [0.05, 0.1) is 12.0 Å². The highest BCUT2D eigenvalue weighted by Gasteiger charge is 2.26. The number of aliphatic hydroxyl groups is 1. The Morgan fingerprint density at radius 2 is 2.36 bits per heavy atom. The number of carbonyl (C=O) groups excluding carboxylic acids is 1. The standard InChI is InChI=1S/C17H21N5O2S/c1-3-21(7-8-23)17(24)14-19-15-13-12-10(2)5-4-6-11(12)25-16(13)18-9-22(15)20-14/h9-10,23H,3-8H2,1-2H3/t10-/m1/s1. The summed E-state index contributed by atoms with van der Waals surface area (Å²) in [4.78, 5) is 25.6. The van der Waals surface area contributed by atoms with Crippen LogP contribution in [0.2, 0.25) is 0 Å². The minimum absolute atomic E-state index is 0.0751. The molecule has 0 aliphatic heterocycles. The largest absolute Gasteiger partial charge is 0.395 e. The van der Waals surface area contributed by atoms with E-state index in [0.29, 0.717) is 18.1 Å². The zero-order valence-corrected chi connectivity index (χ0v) is 15.2. The molecular formula is C17H21N5O2S. The third-order valence-corrected chi connectivity index (χ3v) is 6.08. The van der Waals surface area contributed by atoms with Crippen LogP contribution in [0.4, 0.5) is 0 Å². The van der Waals surface area contributed by atoms with Gasteiger partial charge in [0, 0.05) is 18.0 Å². The Labute approximate surface area is 149 Å². The lowest BCUT2D eigenvalue weighted by molar-refractivity contribution is 0.0720. The van der Waals surface area contributed by atoms with Crippen molar-refractivity contribution >= 4 is 33.1 Å². The maximum Gasteiger partial charge on any atom is 0.293 e. The summed E-state index contributed by atoms with van der Waals surface area (Å²) >= 11 is 1.73. The van der Waals surface area contributed by atoms with Crippen LogP contribution < -0.4 is 0 Å². The predicted molar refractivity (Wildman–Crippen MR) is 96.2 cm³/mol. The molecule has 3 aromatic rings. The van der Waals surface area contributed by atoms with Crippen molar-refractivity contribution in [2.45, 2.75) is 39.0 Å². The van der Waals surface area contributed by atoms with E-state index in [1.54, 1.807) is 27.1 Å². The van der Waals surface area contributed by atoms with E-state index in [2.05, 4.69) is 22.0 Å². The molecule has 25 heavy (non-hydrogen) atoms. The van der Waals surface area contributed by atoms with Gasteiger partial charge in [-0.2, -0.15) is 0 Å². The van der Waals surface area contributed by atoms with Crippen molar-refractivity contribution in [1.82, 2.24) is 24.5 Å². The third-order valence-electron chi connectivity index (χ3n) is 4.91. The molecule has 0 radical (unpaired) electrons. The van der Waals surface area contributed by atoms with E-state index in [4.69, 9.17) is 5.11 Å². The first-order valence-electron chi connectivity index (χ1n) is 8.70. The Bertz CT molecular complexity index is 947. The average molecular weight is 359 g/mol. The number of carbonyl (C=O) groups is 1. The fourth-order valence-electron chi connectivity index (χ4n) is 3.64. The fourth-order valence-corrected chi connectivity index (χ4v) is 4.94. The van der Waals surface area contributed by atoms with Crippen molar-refractivity contribution in [3.05, 3.63) is 22.6 Å². The van der Waals surface area contributed by atoms with Gasteiger partial charge in [-0.1, -0.05) is 6.92 Å². The molecule has 0 unspecified atom stereocenters. The normalized spacial score (nSPS) is 17.2. The number of aromatic nitrogens is 4. The van der Waals surface area contributed by atoms with Crippen molar-refractivity contribution in [3.63, 3.8) is 0 Å². The summed E-state index contributed by atoms with van der Waals surface area (Å²) in [5, 5.41) is 14.5. The van der Waals surface area contributed by atoms with E-state index in [-0.39, 0.29) is 24.9 Å². The first-order valence-corrected chi connectivity index (χ1v) is 9.52. The minimum atomic E-state index is -0.259. The molecule has 3 heterocycles. The minimum Gasteiger partial charge on any atom is -0.395 e. The summed E-state index contributed by atoms with van der Waals surface area (Å²) in [7, 11) is 0. The molecule has 1 aliphatic carbocycles. The zero-order chi connectivity index (χ0) is 17.6. The van der Waals surface area contributed by atoms with Gasteiger partial charge >= 0.3 is 0 Å². The van der Waals surface area contributed by atoms with Crippen LogP contribution in [-0.2, 0) is 6.42 Å². The highest BCUT2D eigenvalue weighted by molar-refractivity contribution is 7.19. The second kappa shape index (κ2) is 6.34. The van der Waals surface area contributed by atoms with Crippen molar-refractivity contribution in [3.8, 4) is 0 Å². The van der Waals surface area contributed by atoms with E-state index in [0.717, 1.165) is 16.6 Å². The molecule has 4 rings (SSSR count). The Balaban J connectivity index is 1.87. The molecule has 1 atom stereocenters. The Hall–Kier alpha value is -2.06. The number of thiophene rings is 1. The van der Waals surface area contributed by atoms with Gasteiger partial charge in [-0.15, -0.1) is 16.4 Å². The molecule has 0 bridgehead atoms. The lowest BCUT2D eigenvalue weighted by Gasteiger charge is -2.18. The number of aliphatic hydroxyl groups excluding tert-OH is 1. The Morgan fingerprint density at radius 3 is 3.12 bits per heavy atom. The van der Waals surface area contributed by atoms with Crippen molar-refractivity contribution in [1.29, 1.82) is 0 Å². The maximum absolute atomic E-state index is 12.6. The number of rotatable bonds is 4. The van der Waals surface area contributed by atoms with Crippen LogP contribution in [0.3, 0.4) is 0 Å². The average Bonchev–Trinajstić information content (AvgIpc) is 3.20. The first-order chi connectivity index (χ1) is 12.1. The van der Waals surface area contributed by atoms with Crippen LogP contribution in [0.15, 0.2) is 6.33 Å². The number of hydrogen-bond acceptors (Lipinski definition) is 6. The predicted octanol–water partition coefficient (Wildman–Crippen LogP) is 2.23. The molecule has 0 aromatic carbocycles. The Kier molecular flexibility index (Phi) is 4.16. The lowest BCUT2D eigenvalue weighted by Crippen LogP contribution is -2.34. The number of aryl methyl sites for hydroxylation is 1. The van der Waals surface area contributed by atoms with Gasteiger partial charge in [-0.3, -0.25) is 4.79 Å². The zero-order valence-electron chi connectivity index (χ0n) is 14.4. The number of fused-ring (bicyclic) bond motifs is 5. The molecule has 3 aromatic heterocycles. The summed E-state index contributed by atoms with van der Waals surface area (Å²) in [5.41, 5.74) is 2.04. The SMILES string of the molecule is CCN(CCO)C(=O)c1nc2c3c4c(sc3ncn2n1)CCC[C@H]4C. The highest BCUT2D eigenvalue weighted by atomic mass is 32.1. The van der Waals surface area contributed by atoms with Crippen molar-refractivity contribution in [2.24, 2.45) is 0 Å². The maximum atomic E-state index is 12.6. The molecule has 0 saturated carbocycles. The summed E-state index contributed by atoms with van der Waals surface area (Å²) in [6.45, 7) is 4.83. The highest BCUT2D eigenvalue weighted by Crippen LogP contribution is 2.42. The van der Waals surface area contributed by atoms with E-state index in [1.165, 1.54) is 23.3 Å². The molecule has 1 aliphatic rings. The van der Waals surface area contributed by atoms with Crippen LogP contribution in [-0.4, -0.2) is 55.2 Å². The van der Waals surface area contributed by atoms with Gasteiger partial charge < -0.3 is 10.0 Å². The van der Waals surface area contributed by atoms with Gasteiger partial charge in [0.25, 0.3) is 5.91 Å². The molecule has 8 heteroatoms. The molecule has 7 nitrogen and oxygen atoms in total. The third kappa shape index (κ3) is 2.60. The van der Waals surface area contributed by atoms with Gasteiger partial charge in [0.2, 0.25) is 5.82 Å². The van der Waals surface area contributed by atoms with Gasteiger partial charge in [0.15, 0.2) is 5.65 Å². The summed E-state index contributed by atoms with van der Waals surface area (Å²) in [5.74, 6) is 0.376. The quantitative estimate of drug-likeness (QED) is 0.772. The number of hydrogen-bond donors (Lipinski definition) is 1. The van der Waals surface area contributed by atoms with Gasteiger partial charge in [0.1, 0.15) is 11.2 Å². The monoisotopic (exact) mass is 359 g/mol. The molecule has 0 spiro atoms. The van der Waals surface area contributed by atoms with Crippen LogP contribution in [0.1, 0.15) is 53.7 Å². The molecule has 0 fully saturated rings. The summed E-state index contributed by atoms with van der Waals surface area (Å²) in [6, 6.07) is 0. The van der Waals surface area contributed by atoms with E-state index < -0.39 is 0 Å². The van der Waals surface area contributed by atoms with Crippen molar-refractivity contribution < 1.29 is 9.90 Å². The number of nitrogens with zero attached hydrogens (tertiary/aromatic N) is 5. The molecule has 0 saturated heterocycles. The van der Waals surface area contributed by atoms with E-state index >= 15 is 0 Å². The smallest absolute Gasteiger partial charge is 0.293 e. The second-order valence-electron chi connectivity index (χ2n) is 6.47. The summed E-state index contributed by atoms with van der Waals surface area (Å²) < 4.78 is 1.61. The molecule has 1 amide bonds. The second-order valence-corrected chi connectivity index (χ2v) is 7.55. The van der Waals surface area contributed by atoms with Gasteiger partial charge in [-0.05, 0) is 37.7 Å². The fraction of sp³-hybridized carbons (Fsp3) is 0.529. The van der Waals surface area contributed by atoms with E-state index in [9.17, 15) is 4.79 Å². The number of likely N-dealkylation sites (N-methyl/N-ethyl adjacent to an activating group) is 1. The van der Waals surface area contributed by atoms with Crippen LogP contribution in [0.5, 0.6) is 0 Å². The van der Waals surface area contributed by atoms with Crippen molar-refractivity contribution in [2.75, 3.05) is 19.7 Å². The summed E-state index contributed by atoms with van der Waals surface area (Å²) in [6.07, 6.45) is 5.10. The number of amides is 1. The topological polar surface area (TPSA) is 83.6 Å². The lowest BCUT2D eigenvalue weighted by atomic mass is 9.87. The van der Waals surface area contributed by atoms with Gasteiger partial charge in [-0.25, -0.2) is 14.5 Å². The van der Waals surface area contributed by atoms with Crippen LogP contribution in [0, 0.1) is 0 Å². The molecule has 132 valence electrons. The van der Waals surface area contributed by atoms with E-state index in [1.807, 2.05) is 6.92 Å². The Morgan fingerprint density at radius 1 is 1.52 bits per heavy atom. The van der Waals surface area contributed by atoms with Crippen LogP contribution in [0.25, 0.3) is 15.9 Å². The molecular weight excluding hydrogens is 338 g/mol. The van der Waals surface area contributed by atoms with Crippen LogP contribution >= 0.6 is 11.3 Å².